The van der Waals surface area contributed by atoms with E-state index in [1.165, 1.54) is 24.0 Å². The minimum absolute atomic E-state index is 0.123. The smallest absolute Gasteiger partial charge is 0.240 e. The molecule has 0 spiro atoms. The van der Waals surface area contributed by atoms with Crippen LogP contribution in [0.5, 0.6) is 0 Å². The number of piperazine rings is 1. The number of hydrogen-bond acceptors (Lipinski definition) is 7. The van der Waals surface area contributed by atoms with E-state index in [1.807, 2.05) is 0 Å². The van der Waals surface area contributed by atoms with Crippen molar-refractivity contribution in [3.8, 4) is 0 Å². The summed E-state index contributed by atoms with van der Waals surface area (Å²) in [4.78, 5) is 9.54. The lowest BCUT2D eigenvalue weighted by Gasteiger charge is -2.37. The maximum absolute atomic E-state index is 11.8. The predicted octanol–water partition coefficient (Wildman–Crippen LogP) is 2.54. The van der Waals surface area contributed by atoms with Gasteiger partial charge in [0.1, 0.15) is 0 Å². The first-order valence-electron chi connectivity index (χ1n) is 11.5. The third-order valence-corrected chi connectivity index (χ3v) is 9.20. The molecule has 5 rings (SSSR count). The topological polar surface area (TPSA) is 79.5 Å². The highest BCUT2D eigenvalue weighted by atomic mass is 32.2. The molecule has 2 aromatic rings. The van der Waals surface area contributed by atoms with Crippen molar-refractivity contribution in [2.24, 2.45) is 0 Å². The average Bonchev–Trinajstić information content (AvgIpc) is 3.49. The molecule has 2 saturated heterocycles. The van der Waals surface area contributed by atoms with E-state index in [-0.39, 0.29) is 11.5 Å². The Hall–Kier alpha value is -1.77. The van der Waals surface area contributed by atoms with Gasteiger partial charge in [0, 0.05) is 32.2 Å². The van der Waals surface area contributed by atoms with E-state index in [2.05, 4.69) is 46.1 Å². The molecule has 0 bridgehead atoms. The van der Waals surface area contributed by atoms with Crippen molar-refractivity contribution in [2.45, 2.75) is 57.0 Å². The van der Waals surface area contributed by atoms with Gasteiger partial charge in [-0.05, 0) is 31.7 Å². The van der Waals surface area contributed by atoms with Crippen LogP contribution in [-0.2, 0) is 21.8 Å². The third kappa shape index (κ3) is 4.30. The number of aryl methyl sites for hydroxylation is 1. The molecule has 3 heterocycles. The molecule has 7 nitrogen and oxygen atoms in total. The van der Waals surface area contributed by atoms with E-state index in [4.69, 9.17) is 9.51 Å². The van der Waals surface area contributed by atoms with Gasteiger partial charge in [0.2, 0.25) is 5.89 Å². The summed E-state index contributed by atoms with van der Waals surface area (Å²) in [6.07, 6.45) is 5.29. The van der Waals surface area contributed by atoms with Crippen LogP contribution in [0.15, 0.2) is 28.8 Å². The molecule has 1 aliphatic carbocycles. The van der Waals surface area contributed by atoms with Crippen LogP contribution < -0.4 is 0 Å². The molecule has 0 unspecified atom stereocenters. The first-order valence-corrected chi connectivity index (χ1v) is 13.3. The summed E-state index contributed by atoms with van der Waals surface area (Å²) in [7, 11) is -2.83. The highest BCUT2D eigenvalue weighted by molar-refractivity contribution is 7.91. The number of nitrogens with zero attached hydrogens (tertiary/aromatic N) is 4. The summed E-state index contributed by atoms with van der Waals surface area (Å²) < 4.78 is 29.3. The number of sulfone groups is 1. The maximum atomic E-state index is 11.8. The Morgan fingerprint density at radius 2 is 1.81 bits per heavy atom. The van der Waals surface area contributed by atoms with E-state index in [0.717, 1.165) is 51.3 Å². The fourth-order valence-electron chi connectivity index (χ4n) is 5.55. The SMILES string of the molecule is Cc1ccc(C2(c3noc(CN4CCN([C@@H]5CCS(=O)(=O)C5)CC4)n3)CCCC2)cc1. The lowest BCUT2D eigenvalue weighted by atomic mass is 9.78. The van der Waals surface area contributed by atoms with Crippen molar-refractivity contribution < 1.29 is 12.9 Å². The second-order valence-electron chi connectivity index (χ2n) is 9.54. The minimum Gasteiger partial charge on any atom is -0.338 e. The largest absolute Gasteiger partial charge is 0.338 e. The van der Waals surface area contributed by atoms with Gasteiger partial charge >= 0.3 is 0 Å². The van der Waals surface area contributed by atoms with Crippen LogP contribution >= 0.6 is 0 Å². The van der Waals surface area contributed by atoms with E-state index in [1.54, 1.807) is 0 Å². The Morgan fingerprint density at radius 1 is 1.10 bits per heavy atom. The Balaban J connectivity index is 1.23. The lowest BCUT2D eigenvalue weighted by Crippen LogP contribution is -2.50. The summed E-state index contributed by atoms with van der Waals surface area (Å²) in [5.41, 5.74) is 2.44. The molecule has 31 heavy (non-hydrogen) atoms. The summed E-state index contributed by atoms with van der Waals surface area (Å²) in [5.74, 6) is 2.18. The zero-order chi connectivity index (χ0) is 21.5. The van der Waals surface area contributed by atoms with Gasteiger partial charge < -0.3 is 4.52 Å². The molecule has 1 aromatic heterocycles. The van der Waals surface area contributed by atoms with Crippen molar-refractivity contribution in [1.29, 1.82) is 0 Å². The molecule has 0 amide bonds. The lowest BCUT2D eigenvalue weighted by molar-refractivity contribution is 0.0926. The third-order valence-electron chi connectivity index (χ3n) is 7.45. The van der Waals surface area contributed by atoms with Gasteiger partial charge in [0.25, 0.3) is 0 Å². The van der Waals surface area contributed by atoms with Gasteiger partial charge in [0.15, 0.2) is 15.7 Å². The van der Waals surface area contributed by atoms with Crippen LogP contribution in [0.25, 0.3) is 0 Å². The second kappa shape index (κ2) is 8.30. The molecule has 2 aliphatic heterocycles. The first kappa shape index (κ1) is 21.1. The van der Waals surface area contributed by atoms with E-state index < -0.39 is 9.84 Å². The van der Waals surface area contributed by atoms with Crippen molar-refractivity contribution in [2.75, 3.05) is 37.7 Å². The monoisotopic (exact) mass is 444 g/mol. The summed E-state index contributed by atoms with van der Waals surface area (Å²) in [5, 5.41) is 4.44. The molecule has 0 radical (unpaired) electrons. The summed E-state index contributed by atoms with van der Waals surface area (Å²) in [6.45, 7) is 6.37. The van der Waals surface area contributed by atoms with Gasteiger partial charge in [-0.15, -0.1) is 0 Å². The molecule has 1 aromatic carbocycles. The Labute approximate surface area is 184 Å². The predicted molar refractivity (Wildman–Crippen MR) is 119 cm³/mol. The van der Waals surface area contributed by atoms with Crippen LogP contribution in [0.3, 0.4) is 0 Å². The molecule has 1 atom stereocenters. The van der Waals surface area contributed by atoms with Crippen molar-refractivity contribution in [1.82, 2.24) is 19.9 Å². The average molecular weight is 445 g/mol. The van der Waals surface area contributed by atoms with Crippen molar-refractivity contribution >= 4 is 9.84 Å². The fourth-order valence-corrected chi connectivity index (χ4v) is 7.31. The Morgan fingerprint density at radius 3 is 2.45 bits per heavy atom. The number of aromatic nitrogens is 2. The minimum atomic E-state index is -2.83. The number of rotatable bonds is 5. The standard InChI is InChI=1S/C23H32N4O3S/c1-18-4-6-19(7-5-18)23(9-2-3-10-23)22-24-21(30-25-22)16-26-11-13-27(14-12-26)20-8-15-31(28,29)17-20/h4-7,20H,2-3,8-17H2,1H3/t20-/m1/s1. The number of benzene rings is 1. The van der Waals surface area contributed by atoms with Crippen LogP contribution in [0.1, 0.15) is 54.9 Å². The second-order valence-corrected chi connectivity index (χ2v) is 11.8. The quantitative estimate of drug-likeness (QED) is 0.701. The molecule has 1 saturated carbocycles. The molecule has 0 N–H and O–H groups in total. The van der Waals surface area contributed by atoms with E-state index in [9.17, 15) is 8.42 Å². The Kier molecular flexibility index (Phi) is 5.65. The van der Waals surface area contributed by atoms with Gasteiger partial charge in [-0.2, -0.15) is 4.98 Å². The zero-order valence-electron chi connectivity index (χ0n) is 18.3. The zero-order valence-corrected chi connectivity index (χ0v) is 19.1. The number of hydrogen-bond donors (Lipinski definition) is 0. The van der Waals surface area contributed by atoms with Crippen LogP contribution in [-0.4, -0.2) is 72.1 Å². The maximum Gasteiger partial charge on any atom is 0.240 e. The molecular weight excluding hydrogens is 412 g/mol. The van der Waals surface area contributed by atoms with Crippen molar-refractivity contribution in [3.63, 3.8) is 0 Å². The van der Waals surface area contributed by atoms with Crippen LogP contribution in [0.2, 0.25) is 0 Å². The first-order chi connectivity index (χ1) is 14.9. The Bertz CT molecular complexity index is 1000. The van der Waals surface area contributed by atoms with Gasteiger partial charge in [0.05, 0.1) is 23.5 Å². The molecule has 8 heteroatoms. The highest BCUT2D eigenvalue weighted by Crippen LogP contribution is 2.45. The van der Waals surface area contributed by atoms with Gasteiger partial charge in [-0.1, -0.05) is 47.8 Å². The van der Waals surface area contributed by atoms with Crippen LogP contribution in [0.4, 0.5) is 0 Å². The van der Waals surface area contributed by atoms with Gasteiger partial charge in [-0.3, -0.25) is 9.80 Å². The van der Waals surface area contributed by atoms with Gasteiger partial charge in [-0.25, -0.2) is 8.42 Å². The molecule has 3 aliphatic rings. The molecule has 3 fully saturated rings. The van der Waals surface area contributed by atoms with E-state index in [0.29, 0.717) is 23.9 Å². The van der Waals surface area contributed by atoms with Crippen LogP contribution in [0, 0.1) is 6.92 Å². The molecule has 168 valence electrons. The molecular formula is C23H32N4O3S. The normalized spacial score (nSPS) is 26.4. The van der Waals surface area contributed by atoms with E-state index >= 15 is 0 Å². The fraction of sp³-hybridized carbons (Fsp3) is 0.652. The van der Waals surface area contributed by atoms with Crippen molar-refractivity contribution in [3.05, 3.63) is 47.1 Å². The summed E-state index contributed by atoms with van der Waals surface area (Å²) in [6, 6.07) is 8.98. The summed E-state index contributed by atoms with van der Waals surface area (Å²) >= 11 is 0. The highest BCUT2D eigenvalue weighted by Gasteiger charge is 2.41.